The van der Waals surface area contributed by atoms with Gasteiger partial charge in [-0.15, -0.1) is 0 Å². The Morgan fingerprint density at radius 3 is 3.00 bits per heavy atom. The minimum atomic E-state index is -0.190. The lowest BCUT2D eigenvalue weighted by atomic mass is 10.1. The third-order valence-electron chi connectivity index (χ3n) is 4.00. The summed E-state index contributed by atoms with van der Waals surface area (Å²) in [7, 11) is 1.63. The molecule has 1 aromatic heterocycles. The highest BCUT2D eigenvalue weighted by Gasteiger charge is 2.27. The summed E-state index contributed by atoms with van der Waals surface area (Å²) in [4.78, 5) is 13.9. The Bertz CT molecular complexity index is 670. The van der Waals surface area contributed by atoms with Gasteiger partial charge in [0.2, 0.25) is 5.91 Å². The largest absolute Gasteiger partial charge is 0.359 e. The minimum absolute atomic E-state index is 0.0146. The van der Waals surface area contributed by atoms with E-state index in [4.69, 9.17) is 0 Å². The normalized spacial score (nSPS) is 18.0. The molecule has 22 heavy (non-hydrogen) atoms. The van der Waals surface area contributed by atoms with Gasteiger partial charge in [0.05, 0.1) is 18.2 Å². The third-order valence-corrected chi connectivity index (χ3v) is 4.00. The number of nitrogens with zero attached hydrogens (tertiary/aromatic N) is 3. The summed E-state index contributed by atoms with van der Waals surface area (Å²) in [5, 5.41) is 6.97. The van der Waals surface area contributed by atoms with Gasteiger partial charge in [0, 0.05) is 38.4 Å². The molecule has 0 bridgehead atoms. The zero-order valence-corrected chi connectivity index (χ0v) is 12.5. The maximum Gasteiger partial charge on any atom is 0.221 e. The van der Waals surface area contributed by atoms with E-state index in [0.29, 0.717) is 31.6 Å². The van der Waals surface area contributed by atoms with E-state index in [1.54, 1.807) is 25.4 Å². The fraction of sp³-hybridized carbons (Fsp3) is 0.375. The molecular weight excluding hydrogens is 283 g/mol. The van der Waals surface area contributed by atoms with Crippen molar-refractivity contribution in [1.29, 1.82) is 0 Å². The number of aromatic nitrogens is 2. The highest BCUT2D eigenvalue weighted by molar-refractivity contribution is 5.76. The van der Waals surface area contributed by atoms with Crippen molar-refractivity contribution >= 4 is 5.91 Å². The van der Waals surface area contributed by atoms with Gasteiger partial charge in [0.15, 0.2) is 0 Å². The molecule has 1 aromatic carbocycles. The van der Waals surface area contributed by atoms with Crippen LogP contribution in [0.5, 0.6) is 0 Å². The molecule has 2 aromatic rings. The Kier molecular flexibility index (Phi) is 4.20. The third kappa shape index (κ3) is 3.01. The number of rotatable bonds is 4. The molecule has 0 spiro atoms. The van der Waals surface area contributed by atoms with E-state index >= 15 is 0 Å². The first-order valence-electron chi connectivity index (χ1n) is 7.36. The summed E-state index contributed by atoms with van der Waals surface area (Å²) < 4.78 is 15.7. The number of nitrogens with one attached hydrogen (secondary N) is 1. The van der Waals surface area contributed by atoms with Gasteiger partial charge in [0.1, 0.15) is 5.82 Å². The van der Waals surface area contributed by atoms with Gasteiger partial charge >= 0.3 is 0 Å². The van der Waals surface area contributed by atoms with Crippen LogP contribution in [0, 0.1) is 5.82 Å². The Morgan fingerprint density at radius 1 is 1.41 bits per heavy atom. The van der Waals surface area contributed by atoms with Crippen molar-refractivity contribution in [2.24, 2.45) is 0 Å². The van der Waals surface area contributed by atoms with Crippen LogP contribution in [-0.4, -0.2) is 34.2 Å². The molecule has 0 unspecified atom stereocenters. The van der Waals surface area contributed by atoms with Crippen LogP contribution < -0.4 is 5.32 Å². The van der Waals surface area contributed by atoms with Crippen molar-refractivity contribution in [3.05, 3.63) is 53.6 Å². The topological polar surface area (TPSA) is 50.2 Å². The number of fused-ring (bicyclic) bond motifs is 1. The minimum Gasteiger partial charge on any atom is -0.359 e. The quantitative estimate of drug-likeness (QED) is 0.935. The van der Waals surface area contributed by atoms with E-state index in [-0.39, 0.29) is 17.8 Å². The standard InChI is InChI=1S/C16H19FN4O/c1-18-16(22)8-14-11-20(10-13-6-7-19-21(13)14)9-12-4-2-3-5-15(12)17/h2-7,14H,8-11H2,1H3,(H,18,22)/t14-/m0/s1. The highest BCUT2D eigenvalue weighted by atomic mass is 19.1. The maximum atomic E-state index is 13.8. The first-order valence-corrected chi connectivity index (χ1v) is 7.36. The summed E-state index contributed by atoms with van der Waals surface area (Å²) >= 11 is 0. The molecule has 1 aliphatic rings. The zero-order chi connectivity index (χ0) is 15.5. The fourth-order valence-electron chi connectivity index (χ4n) is 2.92. The van der Waals surface area contributed by atoms with Crippen molar-refractivity contribution in [2.75, 3.05) is 13.6 Å². The van der Waals surface area contributed by atoms with Gasteiger partial charge in [-0.3, -0.25) is 14.4 Å². The predicted molar refractivity (Wildman–Crippen MR) is 80.5 cm³/mol. The Balaban J connectivity index is 1.78. The molecule has 3 rings (SSSR count). The number of hydrogen-bond donors (Lipinski definition) is 1. The lowest BCUT2D eigenvalue weighted by molar-refractivity contribution is -0.121. The predicted octanol–water partition coefficient (Wildman–Crippen LogP) is 1.72. The van der Waals surface area contributed by atoms with Crippen LogP contribution in [0.15, 0.2) is 36.5 Å². The van der Waals surface area contributed by atoms with Crippen LogP contribution >= 0.6 is 0 Å². The number of halogens is 1. The second-order valence-electron chi connectivity index (χ2n) is 5.56. The second-order valence-corrected chi connectivity index (χ2v) is 5.56. The van der Waals surface area contributed by atoms with Gasteiger partial charge in [-0.05, 0) is 12.1 Å². The van der Waals surface area contributed by atoms with Crippen LogP contribution in [0.2, 0.25) is 0 Å². The average Bonchev–Trinajstić information content (AvgIpc) is 2.98. The van der Waals surface area contributed by atoms with E-state index in [0.717, 1.165) is 5.69 Å². The molecular formula is C16H19FN4O. The molecule has 1 atom stereocenters. The molecule has 116 valence electrons. The molecule has 6 heteroatoms. The molecule has 0 fully saturated rings. The number of amides is 1. The van der Waals surface area contributed by atoms with Crippen LogP contribution in [0.4, 0.5) is 4.39 Å². The van der Waals surface area contributed by atoms with Gasteiger partial charge in [-0.1, -0.05) is 18.2 Å². The monoisotopic (exact) mass is 302 g/mol. The van der Waals surface area contributed by atoms with Crippen LogP contribution in [0.25, 0.3) is 0 Å². The Labute approximate surface area is 128 Å². The molecule has 0 saturated heterocycles. The Morgan fingerprint density at radius 2 is 2.23 bits per heavy atom. The van der Waals surface area contributed by atoms with E-state index in [2.05, 4.69) is 15.3 Å². The number of carbonyl (C=O) groups is 1. The molecule has 0 radical (unpaired) electrons. The molecule has 1 amide bonds. The zero-order valence-electron chi connectivity index (χ0n) is 12.5. The number of benzene rings is 1. The lowest BCUT2D eigenvalue weighted by Gasteiger charge is -2.33. The van der Waals surface area contributed by atoms with Crippen LogP contribution in [-0.2, 0) is 17.9 Å². The summed E-state index contributed by atoms with van der Waals surface area (Å²) in [6.45, 7) is 1.91. The van der Waals surface area contributed by atoms with Gasteiger partial charge in [-0.2, -0.15) is 5.10 Å². The van der Waals surface area contributed by atoms with Crippen molar-refractivity contribution in [1.82, 2.24) is 20.0 Å². The summed E-state index contributed by atoms with van der Waals surface area (Å²) in [5.74, 6) is -0.205. The maximum absolute atomic E-state index is 13.8. The molecule has 2 heterocycles. The highest BCUT2D eigenvalue weighted by Crippen LogP contribution is 2.24. The SMILES string of the molecule is CNC(=O)C[C@H]1CN(Cc2ccccc2F)Cc2ccnn21. The van der Waals surface area contributed by atoms with Crippen molar-refractivity contribution < 1.29 is 9.18 Å². The molecule has 1 aliphatic heterocycles. The molecule has 0 saturated carbocycles. The number of hydrogen-bond acceptors (Lipinski definition) is 3. The van der Waals surface area contributed by atoms with Crippen molar-refractivity contribution in [3.63, 3.8) is 0 Å². The van der Waals surface area contributed by atoms with E-state index in [1.807, 2.05) is 16.8 Å². The summed E-state index contributed by atoms with van der Waals surface area (Å²) in [6, 6.07) is 8.74. The van der Waals surface area contributed by atoms with Crippen molar-refractivity contribution in [3.8, 4) is 0 Å². The first kappa shape index (κ1) is 14.7. The number of carbonyl (C=O) groups excluding carboxylic acids is 1. The lowest BCUT2D eigenvalue weighted by Crippen LogP contribution is -2.39. The van der Waals surface area contributed by atoms with E-state index in [9.17, 15) is 9.18 Å². The molecule has 5 nitrogen and oxygen atoms in total. The van der Waals surface area contributed by atoms with Crippen molar-refractivity contribution in [2.45, 2.75) is 25.6 Å². The fourth-order valence-corrected chi connectivity index (χ4v) is 2.92. The van der Waals surface area contributed by atoms with E-state index in [1.165, 1.54) is 6.07 Å². The van der Waals surface area contributed by atoms with E-state index < -0.39 is 0 Å². The van der Waals surface area contributed by atoms with Gasteiger partial charge < -0.3 is 5.32 Å². The van der Waals surface area contributed by atoms with Gasteiger partial charge in [-0.25, -0.2) is 4.39 Å². The van der Waals surface area contributed by atoms with Gasteiger partial charge in [0.25, 0.3) is 0 Å². The smallest absolute Gasteiger partial charge is 0.221 e. The Hall–Kier alpha value is -2.21. The average molecular weight is 302 g/mol. The van der Waals surface area contributed by atoms with Crippen LogP contribution in [0.3, 0.4) is 0 Å². The second kappa shape index (κ2) is 6.27. The molecule has 0 aliphatic carbocycles. The summed E-state index contributed by atoms with van der Waals surface area (Å²) in [6.07, 6.45) is 2.12. The van der Waals surface area contributed by atoms with Crippen LogP contribution in [0.1, 0.15) is 23.7 Å². The summed E-state index contributed by atoms with van der Waals surface area (Å²) in [5.41, 5.74) is 1.73. The first-order chi connectivity index (χ1) is 10.7. The molecule has 1 N–H and O–H groups in total.